The summed E-state index contributed by atoms with van der Waals surface area (Å²) in [4.78, 5) is 10.6. The van der Waals surface area contributed by atoms with Gasteiger partial charge in [-0.2, -0.15) is 0 Å². The Hall–Kier alpha value is -2.83. The minimum atomic E-state index is -1.15. The van der Waals surface area contributed by atoms with E-state index >= 15 is 4.39 Å². The molecule has 0 bridgehead atoms. The third kappa shape index (κ3) is 5.27. The Kier molecular flexibility index (Phi) is 7.03. The van der Waals surface area contributed by atoms with Crippen LogP contribution in [0.3, 0.4) is 0 Å². The Labute approximate surface area is 187 Å². The Morgan fingerprint density at radius 1 is 1.06 bits per heavy atom. The van der Waals surface area contributed by atoms with Crippen LogP contribution in [0.25, 0.3) is 0 Å². The molecule has 162 valence electrons. The van der Waals surface area contributed by atoms with Crippen molar-refractivity contribution in [3.05, 3.63) is 92.5 Å². The smallest absolute Gasteiger partial charge is 0.341 e. The third-order valence-corrected chi connectivity index (χ3v) is 5.56. The molecule has 1 unspecified atom stereocenters. The second kappa shape index (κ2) is 9.54. The number of ether oxygens (including phenoxy) is 1. The van der Waals surface area contributed by atoms with Gasteiger partial charge >= 0.3 is 5.97 Å². The van der Waals surface area contributed by atoms with Crippen molar-refractivity contribution in [3.63, 3.8) is 0 Å². The quantitative estimate of drug-likeness (QED) is 0.435. The number of carboxylic acids is 1. The highest BCUT2D eigenvalue weighted by molar-refractivity contribution is 6.36. The molecule has 0 heterocycles. The zero-order valence-corrected chi connectivity index (χ0v) is 17.8. The SMILES string of the molecule is CC(c1ccc(F)cc1)c1c(O)ccc(Cc2c(Cl)cc(OCC(=O)O)cc2Cl)c1F. The first-order valence-electron chi connectivity index (χ1n) is 9.25. The lowest BCUT2D eigenvalue weighted by Gasteiger charge is -2.18. The van der Waals surface area contributed by atoms with E-state index in [1.807, 2.05) is 0 Å². The Morgan fingerprint density at radius 2 is 1.68 bits per heavy atom. The fourth-order valence-corrected chi connectivity index (χ4v) is 3.86. The average Bonchev–Trinajstić information content (AvgIpc) is 2.71. The highest BCUT2D eigenvalue weighted by atomic mass is 35.5. The highest BCUT2D eigenvalue weighted by Crippen LogP contribution is 2.37. The predicted octanol–water partition coefficient (Wildman–Crippen LogP) is 6.18. The number of rotatable bonds is 7. The van der Waals surface area contributed by atoms with E-state index in [1.165, 1.54) is 48.5 Å². The normalized spacial score (nSPS) is 11.9. The number of carboxylic acid groups (broad SMARTS) is 1. The molecule has 4 nitrogen and oxygen atoms in total. The molecule has 31 heavy (non-hydrogen) atoms. The molecule has 0 radical (unpaired) electrons. The van der Waals surface area contributed by atoms with Crippen LogP contribution in [-0.2, 0) is 11.2 Å². The summed E-state index contributed by atoms with van der Waals surface area (Å²) in [7, 11) is 0. The second-order valence-electron chi connectivity index (χ2n) is 6.97. The van der Waals surface area contributed by atoms with Crippen molar-refractivity contribution in [1.82, 2.24) is 0 Å². The zero-order valence-electron chi connectivity index (χ0n) is 16.3. The van der Waals surface area contributed by atoms with Crippen LogP contribution in [0.2, 0.25) is 10.0 Å². The van der Waals surface area contributed by atoms with Crippen LogP contribution >= 0.6 is 23.2 Å². The van der Waals surface area contributed by atoms with Crippen LogP contribution in [0, 0.1) is 11.6 Å². The van der Waals surface area contributed by atoms with Crippen LogP contribution in [0.15, 0.2) is 48.5 Å². The van der Waals surface area contributed by atoms with Gasteiger partial charge in [-0.25, -0.2) is 13.6 Å². The van der Waals surface area contributed by atoms with Gasteiger partial charge in [0.15, 0.2) is 6.61 Å². The van der Waals surface area contributed by atoms with Gasteiger partial charge in [-0.3, -0.25) is 0 Å². The topological polar surface area (TPSA) is 66.8 Å². The molecule has 3 aromatic carbocycles. The van der Waals surface area contributed by atoms with Crippen molar-refractivity contribution < 1.29 is 28.5 Å². The number of carbonyl (C=O) groups is 1. The van der Waals surface area contributed by atoms with E-state index < -0.39 is 30.1 Å². The molecular formula is C23H18Cl2F2O4. The number of halogens is 4. The fourth-order valence-electron chi connectivity index (χ4n) is 3.26. The number of hydrogen-bond donors (Lipinski definition) is 2. The van der Waals surface area contributed by atoms with Crippen LogP contribution in [-0.4, -0.2) is 22.8 Å². The van der Waals surface area contributed by atoms with E-state index in [2.05, 4.69) is 0 Å². The van der Waals surface area contributed by atoms with Crippen molar-refractivity contribution in [2.45, 2.75) is 19.3 Å². The van der Waals surface area contributed by atoms with E-state index in [0.29, 0.717) is 11.1 Å². The molecule has 0 fully saturated rings. The monoisotopic (exact) mass is 466 g/mol. The van der Waals surface area contributed by atoms with E-state index in [1.54, 1.807) is 6.92 Å². The van der Waals surface area contributed by atoms with Gasteiger partial charge in [-0.05, 0) is 47.0 Å². The number of benzene rings is 3. The van der Waals surface area contributed by atoms with Gasteiger partial charge in [0.1, 0.15) is 23.1 Å². The largest absolute Gasteiger partial charge is 0.508 e. The predicted molar refractivity (Wildman–Crippen MR) is 114 cm³/mol. The molecule has 0 saturated heterocycles. The highest BCUT2D eigenvalue weighted by Gasteiger charge is 2.22. The molecule has 3 aromatic rings. The first kappa shape index (κ1) is 22.8. The maximum Gasteiger partial charge on any atom is 0.341 e. The van der Waals surface area contributed by atoms with Gasteiger partial charge in [-0.1, -0.05) is 48.3 Å². The van der Waals surface area contributed by atoms with Gasteiger partial charge in [0.05, 0.1) is 0 Å². The second-order valence-corrected chi connectivity index (χ2v) is 7.78. The summed E-state index contributed by atoms with van der Waals surface area (Å²) in [5.41, 5.74) is 1.40. The average molecular weight is 467 g/mol. The lowest BCUT2D eigenvalue weighted by molar-refractivity contribution is -0.139. The summed E-state index contributed by atoms with van der Waals surface area (Å²) >= 11 is 12.6. The molecule has 2 N–H and O–H groups in total. The van der Waals surface area contributed by atoms with Crippen molar-refractivity contribution in [2.75, 3.05) is 6.61 Å². The van der Waals surface area contributed by atoms with Crippen LogP contribution in [0.4, 0.5) is 8.78 Å². The third-order valence-electron chi connectivity index (χ3n) is 4.88. The summed E-state index contributed by atoms with van der Waals surface area (Å²) in [6, 6.07) is 11.3. The number of hydrogen-bond acceptors (Lipinski definition) is 3. The maximum atomic E-state index is 15.4. The number of aromatic hydroxyl groups is 1. The summed E-state index contributed by atoms with van der Waals surface area (Å²) in [5.74, 6) is -2.74. The lowest BCUT2D eigenvalue weighted by Crippen LogP contribution is -2.09. The number of phenolic OH excluding ortho intramolecular Hbond substituents is 1. The van der Waals surface area contributed by atoms with Crippen LogP contribution in [0.5, 0.6) is 11.5 Å². The molecule has 1 atom stereocenters. The van der Waals surface area contributed by atoms with Crippen LogP contribution in [0.1, 0.15) is 35.1 Å². The fraction of sp³-hybridized carbons (Fsp3) is 0.174. The summed E-state index contributed by atoms with van der Waals surface area (Å²) in [6.07, 6.45) is 0.0339. The molecule has 0 spiro atoms. The van der Waals surface area contributed by atoms with Crippen molar-refractivity contribution in [2.24, 2.45) is 0 Å². The first-order valence-corrected chi connectivity index (χ1v) is 10.0. The Morgan fingerprint density at radius 3 is 2.26 bits per heavy atom. The number of phenols is 1. The maximum absolute atomic E-state index is 15.4. The molecular weight excluding hydrogens is 449 g/mol. The summed E-state index contributed by atoms with van der Waals surface area (Å²) < 4.78 is 33.7. The van der Waals surface area contributed by atoms with Crippen molar-refractivity contribution >= 4 is 29.2 Å². The van der Waals surface area contributed by atoms with Crippen molar-refractivity contribution in [3.8, 4) is 11.5 Å². The molecule has 3 rings (SSSR count). The molecule has 8 heteroatoms. The molecule has 0 aliphatic carbocycles. The van der Waals surface area contributed by atoms with E-state index in [-0.39, 0.29) is 39.1 Å². The minimum absolute atomic E-state index is 0.0339. The Bertz CT molecular complexity index is 1090. The molecule has 0 saturated carbocycles. The molecule has 0 aliphatic rings. The first-order chi connectivity index (χ1) is 14.7. The molecule has 0 amide bonds. The minimum Gasteiger partial charge on any atom is -0.508 e. The van der Waals surface area contributed by atoms with E-state index in [9.17, 15) is 14.3 Å². The number of aliphatic carboxylic acids is 1. The Balaban J connectivity index is 1.93. The summed E-state index contributed by atoms with van der Waals surface area (Å²) in [6.45, 7) is 1.16. The van der Waals surface area contributed by atoms with E-state index in [4.69, 9.17) is 33.0 Å². The van der Waals surface area contributed by atoms with Gasteiger partial charge in [-0.15, -0.1) is 0 Å². The van der Waals surface area contributed by atoms with E-state index in [0.717, 1.165) is 0 Å². The van der Waals surface area contributed by atoms with Gasteiger partial charge in [0.25, 0.3) is 0 Å². The van der Waals surface area contributed by atoms with Gasteiger partial charge in [0.2, 0.25) is 0 Å². The lowest BCUT2D eigenvalue weighted by atomic mass is 9.89. The standard InChI is InChI=1S/C23H18Cl2F2O4/c1-12(13-2-5-15(26)6-3-13)22-20(28)7-4-14(23(22)27)8-17-18(24)9-16(10-19(17)25)31-11-21(29)30/h2-7,9-10,12,28H,8,11H2,1H3,(H,29,30). The van der Waals surface area contributed by atoms with Gasteiger partial charge in [0, 0.05) is 27.9 Å². The zero-order chi connectivity index (χ0) is 22.7. The van der Waals surface area contributed by atoms with Crippen molar-refractivity contribution in [1.29, 1.82) is 0 Å². The molecule has 0 aromatic heterocycles. The van der Waals surface area contributed by atoms with Crippen LogP contribution < -0.4 is 4.74 Å². The van der Waals surface area contributed by atoms with Gasteiger partial charge < -0.3 is 14.9 Å². The molecule has 0 aliphatic heterocycles. The summed E-state index contributed by atoms with van der Waals surface area (Å²) in [5, 5.41) is 19.4.